The van der Waals surface area contributed by atoms with E-state index in [2.05, 4.69) is 16.9 Å². The lowest BCUT2D eigenvalue weighted by atomic mass is 10.4. The Morgan fingerprint density at radius 3 is 2.93 bits per heavy atom. The summed E-state index contributed by atoms with van der Waals surface area (Å²) in [6, 6.07) is 0. The van der Waals surface area contributed by atoms with Crippen LogP contribution in [0.1, 0.15) is 11.4 Å². The standard InChI is InChI=1S/C10H15N3O/c1-4-5-11-10(14)6-13-7-12-8(2)9(13)3/h4,7H,1,5-6H2,2-3H3,(H,11,14). The number of carbonyl (C=O) groups is 1. The Balaban J connectivity index is 2.56. The average molecular weight is 193 g/mol. The molecule has 0 aliphatic heterocycles. The topological polar surface area (TPSA) is 46.9 Å². The first-order valence-corrected chi connectivity index (χ1v) is 4.51. The summed E-state index contributed by atoms with van der Waals surface area (Å²) in [5.74, 6) is -0.0228. The highest BCUT2D eigenvalue weighted by Crippen LogP contribution is 2.03. The van der Waals surface area contributed by atoms with Crippen LogP contribution in [0, 0.1) is 13.8 Å². The van der Waals surface area contributed by atoms with Crippen molar-refractivity contribution < 1.29 is 4.79 Å². The highest BCUT2D eigenvalue weighted by atomic mass is 16.1. The van der Waals surface area contributed by atoms with Gasteiger partial charge < -0.3 is 9.88 Å². The number of aryl methyl sites for hydroxylation is 1. The molecule has 4 heteroatoms. The van der Waals surface area contributed by atoms with Crippen LogP contribution in [0.25, 0.3) is 0 Å². The van der Waals surface area contributed by atoms with Crippen molar-refractivity contribution in [3.63, 3.8) is 0 Å². The molecule has 0 unspecified atom stereocenters. The van der Waals surface area contributed by atoms with E-state index < -0.39 is 0 Å². The number of nitrogens with zero attached hydrogens (tertiary/aromatic N) is 2. The molecule has 0 fully saturated rings. The predicted molar refractivity (Wildman–Crippen MR) is 54.9 cm³/mol. The van der Waals surface area contributed by atoms with E-state index in [4.69, 9.17) is 0 Å². The van der Waals surface area contributed by atoms with Gasteiger partial charge >= 0.3 is 0 Å². The van der Waals surface area contributed by atoms with Gasteiger partial charge in [0.1, 0.15) is 6.54 Å². The summed E-state index contributed by atoms with van der Waals surface area (Å²) in [7, 11) is 0. The SMILES string of the molecule is C=CCNC(=O)Cn1cnc(C)c1C. The van der Waals surface area contributed by atoms with Gasteiger partial charge in [-0.05, 0) is 13.8 Å². The molecule has 0 saturated carbocycles. The first kappa shape index (κ1) is 10.5. The van der Waals surface area contributed by atoms with Crippen LogP contribution in [0.5, 0.6) is 0 Å². The number of aromatic nitrogens is 2. The molecule has 0 aliphatic rings. The summed E-state index contributed by atoms with van der Waals surface area (Å²) in [6.07, 6.45) is 3.34. The van der Waals surface area contributed by atoms with Crippen LogP contribution in [0.15, 0.2) is 19.0 Å². The minimum Gasteiger partial charge on any atom is -0.351 e. The molecule has 1 aromatic heterocycles. The van der Waals surface area contributed by atoms with Crippen LogP contribution in [0.2, 0.25) is 0 Å². The maximum absolute atomic E-state index is 11.3. The Labute approximate surface area is 83.6 Å². The van der Waals surface area contributed by atoms with Gasteiger partial charge in [-0.1, -0.05) is 6.08 Å². The maximum Gasteiger partial charge on any atom is 0.240 e. The maximum atomic E-state index is 11.3. The van der Waals surface area contributed by atoms with E-state index in [1.165, 1.54) is 0 Å². The van der Waals surface area contributed by atoms with Gasteiger partial charge in [0, 0.05) is 12.2 Å². The number of imidazole rings is 1. The Hall–Kier alpha value is -1.58. The van der Waals surface area contributed by atoms with Crippen molar-refractivity contribution in [1.29, 1.82) is 0 Å². The van der Waals surface area contributed by atoms with E-state index in [0.29, 0.717) is 13.1 Å². The van der Waals surface area contributed by atoms with E-state index in [0.717, 1.165) is 11.4 Å². The van der Waals surface area contributed by atoms with Crippen molar-refractivity contribution >= 4 is 5.91 Å². The van der Waals surface area contributed by atoms with Gasteiger partial charge in [-0.2, -0.15) is 0 Å². The molecule has 1 aromatic rings. The van der Waals surface area contributed by atoms with Gasteiger partial charge in [-0.3, -0.25) is 4.79 Å². The van der Waals surface area contributed by atoms with Crippen molar-refractivity contribution in [2.45, 2.75) is 20.4 Å². The Morgan fingerprint density at radius 1 is 1.71 bits per heavy atom. The smallest absolute Gasteiger partial charge is 0.240 e. The summed E-state index contributed by atoms with van der Waals surface area (Å²) in [4.78, 5) is 15.4. The van der Waals surface area contributed by atoms with E-state index >= 15 is 0 Å². The van der Waals surface area contributed by atoms with Gasteiger partial charge in [-0.15, -0.1) is 6.58 Å². The fourth-order valence-corrected chi connectivity index (χ4v) is 1.10. The summed E-state index contributed by atoms with van der Waals surface area (Å²) in [5.41, 5.74) is 1.99. The average Bonchev–Trinajstić information content (AvgIpc) is 2.46. The first-order chi connectivity index (χ1) is 6.65. The van der Waals surface area contributed by atoms with Gasteiger partial charge in [0.25, 0.3) is 0 Å². The second kappa shape index (κ2) is 4.60. The van der Waals surface area contributed by atoms with E-state index in [9.17, 15) is 4.79 Å². The highest BCUT2D eigenvalue weighted by Gasteiger charge is 2.05. The molecule has 0 saturated heterocycles. The van der Waals surface area contributed by atoms with E-state index in [1.807, 2.05) is 18.4 Å². The van der Waals surface area contributed by atoms with Gasteiger partial charge in [0.2, 0.25) is 5.91 Å². The van der Waals surface area contributed by atoms with Crippen LogP contribution >= 0.6 is 0 Å². The molecule has 1 heterocycles. The molecule has 1 amide bonds. The van der Waals surface area contributed by atoms with Crippen LogP contribution < -0.4 is 5.32 Å². The van der Waals surface area contributed by atoms with Crippen molar-refractivity contribution in [1.82, 2.24) is 14.9 Å². The second-order valence-electron chi connectivity index (χ2n) is 3.14. The molecule has 1 N–H and O–H groups in total. The Bertz CT molecular complexity index is 341. The van der Waals surface area contributed by atoms with E-state index in [1.54, 1.807) is 12.4 Å². The molecule has 1 rings (SSSR count). The third-order valence-electron chi connectivity index (χ3n) is 2.10. The lowest BCUT2D eigenvalue weighted by molar-refractivity contribution is -0.121. The number of hydrogen-bond acceptors (Lipinski definition) is 2. The molecule has 0 atom stereocenters. The molecule has 0 spiro atoms. The summed E-state index contributed by atoms with van der Waals surface area (Å²) >= 11 is 0. The summed E-state index contributed by atoms with van der Waals surface area (Å²) < 4.78 is 1.83. The molecular formula is C10H15N3O. The van der Waals surface area contributed by atoms with Crippen LogP contribution in [0.4, 0.5) is 0 Å². The zero-order valence-corrected chi connectivity index (χ0v) is 8.58. The first-order valence-electron chi connectivity index (χ1n) is 4.51. The zero-order valence-electron chi connectivity index (χ0n) is 8.58. The zero-order chi connectivity index (χ0) is 10.6. The molecule has 76 valence electrons. The normalized spacial score (nSPS) is 9.86. The number of rotatable bonds is 4. The monoisotopic (exact) mass is 193 g/mol. The lowest BCUT2D eigenvalue weighted by Crippen LogP contribution is -2.27. The minimum absolute atomic E-state index is 0.0228. The lowest BCUT2D eigenvalue weighted by Gasteiger charge is -2.05. The summed E-state index contributed by atoms with van der Waals surface area (Å²) in [6.45, 7) is 8.22. The van der Waals surface area contributed by atoms with Gasteiger partial charge in [0.05, 0.1) is 12.0 Å². The van der Waals surface area contributed by atoms with Crippen molar-refractivity contribution in [2.24, 2.45) is 0 Å². The third-order valence-corrected chi connectivity index (χ3v) is 2.10. The molecule has 0 radical (unpaired) electrons. The predicted octanol–water partition coefficient (Wildman–Crippen LogP) is 0.802. The quantitative estimate of drug-likeness (QED) is 0.719. The molecular weight excluding hydrogens is 178 g/mol. The fourth-order valence-electron chi connectivity index (χ4n) is 1.10. The molecule has 14 heavy (non-hydrogen) atoms. The number of nitrogens with one attached hydrogen (secondary N) is 1. The van der Waals surface area contributed by atoms with Gasteiger partial charge in [-0.25, -0.2) is 4.98 Å². The molecule has 0 bridgehead atoms. The van der Waals surface area contributed by atoms with Crippen molar-refractivity contribution in [3.8, 4) is 0 Å². The number of hydrogen-bond donors (Lipinski definition) is 1. The minimum atomic E-state index is -0.0228. The summed E-state index contributed by atoms with van der Waals surface area (Å²) in [5, 5.41) is 2.71. The third kappa shape index (κ3) is 2.45. The number of carbonyl (C=O) groups excluding carboxylic acids is 1. The largest absolute Gasteiger partial charge is 0.351 e. The van der Waals surface area contributed by atoms with Gasteiger partial charge in [0.15, 0.2) is 0 Å². The van der Waals surface area contributed by atoms with Crippen molar-refractivity contribution in [3.05, 3.63) is 30.4 Å². The second-order valence-corrected chi connectivity index (χ2v) is 3.14. The molecule has 0 aromatic carbocycles. The van der Waals surface area contributed by atoms with E-state index in [-0.39, 0.29) is 5.91 Å². The number of amides is 1. The fraction of sp³-hybridized carbons (Fsp3) is 0.400. The Kier molecular flexibility index (Phi) is 3.45. The Morgan fingerprint density at radius 2 is 2.43 bits per heavy atom. The highest BCUT2D eigenvalue weighted by molar-refractivity contribution is 5.75. The van der Waals surface area contributed by atoms with Crippen LogP contribution in [-0.2, 0) is 11.3 Å². The molecule has 4 nitrogen and oxygen atoms in total. The van der Waals surface area contributed by atoms with Crippen molar-refractivity contribution in [2.75, 3.05) is 6.54 Å². The van der Waals surface area contributed by atoms with Crippen LogP contribution in [0.3, 0.4) is 0 Å². The molecule has 0 aliphatic carbocycles. The van der Waals surface area contributed by atoms with Crippen LogP contribution in [-0.4, -0.2) is 22.0 Å².